The average Bonchev–Trinajstić information content (AvgIpc) is 2.47. The minimum Gasteiger partial charge on any atom is -0.300 e. The molecule has 0 aromatic carbocycles. The number of halogens is 1. The predicted molar refractivity (Wildman–Crippen MR) is 52.4 cm³/mol. The highest BCUT2D eigenvalue weighted by Gasteiger charge is 2.06. The van der Waals surface area contributed by atoms with Gasteiger partial charge in [0.05, 0.1) is 18.3 Å². The zero-order chi connectivity index (χ0) is 10.1. The minimum absolute atomic E-state index is 0.0774. The zero-order valence-electron chi connectivity index (χ0n) is 7.57. The summed E-state index contributed by atoms with van der Waals surface area (Å²) in [5.74, 6) is 0.0774. The summed E-state index contributed by atoms with van der Waals surface area (Å²) in [4.78, 5) is 15.0. The smallest absolute Gasteiger partial charge is 0.153 e. The highest BCUT2D eigenvalue weighted by atomic mass is 35.5. The molecule has 0 saturated carbocycles. The molecule has 5 heteroatoms. The van der Waals surface area contributed by atoms with Crippen molar-refractivity contribution in [2.45, 2.75) is 13.3 Å². The first-order valence-electron chi connectivity index (χ1n) is 4.15. The number of carbonyl (C=O) groups excluding carboxylic acids is 1. The third-order valence-corrected chi connectivity index (χ3v) is 2.03. The second-order valence-corrected chi connectivity index (χ2v) is 3.44. The van der Waals surface area contributed by atoms with E-state index in [1.165, 1.54) is 6.92 Å². The normalized spacial score (nSPS) is 10.7. The first-order chi connectivity index (χ1) is 6.66. The van der Waals surface area contributed by atoms with Gasteiger partial charge in [-0.25, -0.2) is 9.50 Å². The van der Waals surface area contributed by atoms with Crippen LogP contribution >= 0.6 is 11.6 Å². The molecular formula is C9H8ClN3O. The fraction of sp³-hybridized carbons (Fsp3) is 0.222. The van der Waals surface area contributed by atoms with Gasteiger partial charge in [-0.2, -0.15) is 5.10 Å². The number of nitrogens with zero attached hydrogens (tertiary/aromatic N) is 3. The van der Waals surface area contributed by atoms with E-state index in [4.69, 9.17) is 11.6 Å². The maximum Gasteiger partial charge on any atom is 0.153 e. The third-order valence-electron chi connectivity index (χ3n) is 1.83. The molecule has 0 bridgehead atoms. The summed E-state index contributed by atoms with van der Waals surface area (Å²) in [6.45, 7) is 1.53. The van der Waals surface area contributed by atoms with Crippen LogP contribution in [0.4, 0.5) is 0 Å². The van der Waals surface area contributed by atoms with Gasteiger partial charge in [0.15, 0.2) is 5.65 Å². The SMILES string of the molecule is CC(=O)Cc1cnc2ccc(Cl)nn12. The van der Waals surface area contributed by atoms with Crippen molar-refractivity contribution in [3.05, 3.63) is 29.2 Å². The van der Waals surface area contributed by atoms with Crippen LogP contribution in [0.2, 0.25) is 5.15 Å². The number of rotatable bonds is 2. The van der Waals surface area contributed by atoms with Gasteiger partial charge in [0.25, 0.3) is 0 Å². The molecule has 0 N–H and O–H groups in total. The van der Waals surface area contributed by atoms with E-state index in [9.17, 15) is 4.79 Å². The number of carbonyl (C=O) groups is 1. The molecule has 2 rings (SSSR count). The Labute approximate surface area is 85.5 Å². The topological polar surface area (TPSA) is 47.3 Å². The lowest BCUT2D eigenvalue weighted by molar-refractivity contribution is -0.116. The fourth-order valence-corrected chi connectivity index (χ4v) is 1.41. The number of fused-ring (bicyclic) bond motifs is 1. The van der Waals surface area contributed by atoms with E-state index in [0.717, 1.165) is 5.69 Å². The minimum atomic E-state index is 0.0774. The maximum atomic E-state index is 10.9. The molecule has 2 aromatic rings. The molecule has 0 amide bonds. The standard InChI is InChI=1S/C9H8ClN3O/c1-6(14)4-7-5-11-9-3-2-8(10)12-13(7)9/h2-3,5H,4H2,1H3. The number of aromatic nitrogens is 3. The van der Waals surface area contributed by atoms with Crippen molar-refractivity contribution >= 4 is 23.0 Å². The molecule has 0 aliphatic rings. The lowest BCUT2D eigenvalue weighted by atomic mass is 10.2. The number of ketones is 1. The van der Waals surface area contributed by atoms with Gasteiger partial charge >= 0.3 is 0 Å². The molecule has 4 nitrogen and oxygen atoms in total. The molecular weight excluding hydrogens is 202 g/mol. The Bertz CT molecular complexity index is 492. The van der Waals surface area contributed by atoms with Crippen molar-refractivity contribution < 1.29 is 4.79 Å². The van der Waals surface area contributed by atoms with E-state index in [-0.39, 0.29) is 5.78 Å². The molecule has 2 aromatic heterocycles. The Balaban J connectivity index is 2.55. The van der Waals surface area contributed by atoms with Crippen molar-refractivity contribution in [2.75, 3.05) is 0 Å². The Morgan fingerprint density at radius 3 is 3.07 bits per heavy atom. The Morgan fingerprint density at radius 1 is 1.57 bits per heavy atom. The van der Waals surface area contributed by atoms with Crippen molar-refractivity contribution in [3.8, 4) is 0 Å². The molecule has 0 unspecified atom stereocenters. The fourth-order valence-electron chi connectivity index (χ4n) is 1.27. The van der Waals surface area contributed by atoms with E-state index in [2.05, 4.69) is 10.1 Å². The van der Waals surface area contributed by atoms with Crippen molar-refractivity contribution in [1.29, 1.82) is 0 Å². The largest absolute Gasteiger partial charge is 0.300 e. The highest BCUT2D eigenvalue weighted by molar-refractivity contribution is 6.29. The molecule has 2 heterocycles. The van der Waals surface area contributed by atoms with Gasteiger partial charge in [-0.05, 0) is 19.1 Å². The van der Waals surface area contributed by atoms with E-state index in [0.29, 0.717) is 17.2 Å². The van der Waals surface area contributed by atoms with Gasteiger partial charge in [-0.15, -0.1) is 0 Å². The summed E-state index contributed by atoms with van der Waals surface area (Å²) in [6.07, 6.45) is 1.97. The van der Waals surface area contributed by atoms with Crippen LogP contribution in [0, 0.1) is 0 Å². The van der Waals surface area contributed by atoms with Crippen LogP contribution in [0.1, 0.15) is 12.6 Å². The third kappa shape index (κ3) is 1.61. The van der Waals surface area contributed by atoms with E-state index in [1.807, 2.05) is 0 Å². The van der Waals surface area contributed by atoms with Crippen LogP contribution in [0.3, 0.4) is 0 Å². The molecule has 0 aliphatic heterocycles. The van der Waals surface area contributed by atoms with Crippen molar-refractivity contribution in [3.63, 3.8) is 0 Å². The Kier molecular flexibility index (Phi) is 2.21. The van der Waals surface area contributed by atoms with Crippen LogP contribution < -0.4 is 0 Å². The molecule has 0 radical (unpaired) electrons. The Morgan fingerprint density at radius 2 is 2.36 bits per heavy atom. The summed E-state index contributed by atoms with van der Waals surface area (Å²) in [6, 6.07) is 3.43. The summed E-state index contributed by atoms with van der Waals surface area (Å²) in [5, 5.41) is 4.45. The van der Waals surface area contributed by atoms with Gasteiger partial charge in [-0.1, -0.05) is 11.6 Å². The lowest BCUT2D eigenvalue weighted by Crippen LogP contribution is -2.02. The highest BCUT2D eigenvalue weighted by Crippen LogP contribution is 2.09. The van der Waals surface area contributed by atoms with Crippen molar-refractivity contribution in [1.82, 2.24) is 14.6 Å². The summed E-state index contributed by atoms with van der Waals surface area (Å²) in [5.41, 5.74) is 1.46. The number of hydrogen-bond acceptors (Lipinski definition) is 3. The first-order valence-corrected chi connectivity index (χ1v) is 4.53. The van der Waals surface area contributed by atoms with Crippen LogP contribution in [0.5, 0.6) is 0 Å². The van der Waals surface area contributed by atoms with Gasteiger partial charge in [0, 0.05) is 0 Å². The average molecular weight is 210 g/mol. The molecule has 0 fully saturated rings. The predicted octanol–water partition coefficient (Wildman–Crippen LogP) is 1.51. The second-order valence-electron chi connectivity index (χ2n) is 3.05. The monoisotopic (exact) mass is 209 g/mol. The lowest BCUT2D eigenvalue weighted by Gasteiger charge is -1.97. The van der Waals surface area contributed by atoms with Gasteiger partial charge in [-0.3, -0.25) is 4.79 Å². The van der Waals surface area contributed by atoms with Gasteiger partial charge in [0.2, 0.25) is 0 Å². The van der Waals surface area contributed by atoms with E-state index >= 15 is 0 Å². The quantitative estimate of drug-likeness (QED) is 0.754. The molecule has 0 spiro atoms. The zero-order valence-corrected chi connectivity index (χ0v) is 8.32. The van der Waals surface area contributed by atoms with Gasteiger partial charge < -0.3 is 0 Å². The number of imidazole rings is 1. The molecule has 0 saturated heterocycles. The van der Waals surface area contributed by atoms with Crippen LogP contribution in [0.25, 0.3) is 5.65 Å². The van der Waals surface area contributed by atoms with Crippen LogP contribution in [-0.2, 0) is 11.2 Å². The first kappa shape index (κ1) is 9.15. The second kappa shape index (κ2) is 3.38. The summed E-state index contributed by atoms with van der Waals surface area (Å²) in [7, 11) is 0. The maximum absolute atomic E-state index is 10.9. The van der Waals surface area contributed by atoms with E-state index < -0.39 is 0 Å². The van der Waals surface area contributed by atoms with Crippen LogP contribution in [0.15, 0.2) is 18.3 Å². The summed E-state index contributed by atoms with van der Waals surface area (Å²) < 4.78 is 1.59. The van der Waals surface area contributed by atoms with Crippen LogP contribution in [-0.4, -0.2) is 20.4 Å². The number of hydrogen-bond donors (Lipinski definition) is 0. The van der Waals surface area contributed by atoms with Crippen molar-refractivity contribution in [2.24, 2.45) is 0 Å². The summed E-state index contributed by atoms with van der Waals surface area (Å²) >= 11 is 5.74. The molecule has 72 valence electrons. The molecule has 14 heavy (non-hydrogen) atoms. The number of Topliss-reactive ketones (excluding diaryl/α,β-unsaturated/α-hetero) is 1. The van der Waals surface area contributed by atoms with E-state index in [1.54, 1.807) is 22.8 Å². The Hall–Kier alpha value is -1.42. The van der Waals surface area contributed by atoms with Gasteiger partial charge in [0.1, 0.15) is 10.9 Å². The molecule has 0 atom stereocenters. The molecule has 0 aliphatic carbocycles.